The van der Waals surface area contributed by atoms with Crippen LogP contribution in [0.25, 0.3) is 0 Å². The van der Waals surface area contributed by atoms with E-state index in [0.29, 0.717) is 6.92 Å². The quantitative estimate of drug-likeness (QED) is 0.613. The molecule has 0 spiro atoms. The average molecular weight is 182 g/mol. The Labute approximate surface area is 69.6 Å². The number of halogens is 2. The van der Waals surface area contributed by atoms with Crippen LogP contribution in [0.4, 0.5) is 8.78 Å². The Morgan fingerprint density at radius 1 is 1.58 bits per heavy atom. The van der Waals surface area contributed by atoms with Gasteiger partial charge in [0.2, 0.25) is 0 Å². The maximum Gasteiger partial charge on any atom is 0.335 e. The van der Waals surface area contributed by atoms with Gasteiger partial charge in [-0.05, 0) is 6.92 Å². The smallest absolute Gasteiger partial charge is 0.335 e. The van der Waals surface area contributed by atoms with Crippen molar-refractivity contribution in [2.24, 2.45) is 0 Å². The number of alkyl halides is 2. The van der Waals surface area contributed by atoms with Crippen LogP contribution in [0.5, 0.6) is 0 Å². The van der Waals surface area contributed by atoms with Crippen molar-refractivity contribution in [3.05, 3.63) is 0 Å². The predicted molar refractivity (Wildman–Crippen MR) is 38.1 cm³/mol. The lowest BCUT2D eigenvalue weighted by Crippen LogP contribution is -2.28. The van der Waals surface area contributed by atoms with E-state index in [4.69, 9.17) is 0 Å². The van der Waals surface area contributed by atoms with Gasteiger partial charge in [0.25, 0.3) is 5.92 Å². The Morgan fingerprint density at radius 2 is 2.08 bits per heavy atom. The first-order valence-electron chi connectivity index (χ1n) is 3.44. The Kier molecular flexibility index (Phi) is 4.09. The van der Waals surface area contributed by atoms with Gasteiger partial charge >= 0.3 is 5.97 Å². The number of rotatable bonds is 4. The molecule has 3 nitrogen and oxygen atoms in total. The van der Waals surface area contributed by atoms with Crippen LogP contribution in [0, 0.1) is 0 Å². The molecule has 0 aromatic rings. The highest BCUT2D eigenvalue weighted by atomic mass is 19.3. The van der Waals surface area contributed by atoms with E-state index in [1.165, 1.54) is 14.0 Å². The molecule has 0 N–H and O–H groups in total. The summed E-state index contributed by atoms with van der Waals surface area (Å²) >= 11 is 0. The van der Waals surface area contributed by atoms with Crippen LogP contribution < -0.4 is 0 Å². The van der Waals surface area contributed by atoms with E-state index in [-0.39, 0.29) is 0 Å². The van der Waals surface area contributed by atoms with E-state index in [1.807, 2.05) is 0 Å². The van der Waals surface area contributed by atoms with Crippen LogP contribution in [0.1, 0.15) is 13.8 Å². The van der Waals surface area contributed by atoms with Crippen molar-refractivity contribution in [2.75, 3.05) is 13.7 Å². The van der Waals surface area contributed by atoms with Gasteiger partial charge in [0.15, 0.2) is 12.7 Å². The van der Waals surface area contributed by atoms with Gasteiger partial charge in [-0.25, -0.2) is 13.6 Å². The number of ether oxygens (including phenoxy) is 2. The van der Waals surface area contributed by atoms with Crippen molar-refractivity contribution < 1.29 is 23.0 Å². The molecule has 0 saturated heterocycles. The van der Waals surface area contributed by atoms with Crippen LogP contribution in [0.15, 0.2) is 0 Å². The molecule has 12 heavy (non-hydrogen) atoms. The summed E-state index contributed by atoms with van der Waals surface area (Å²) in [6.45, 7) is 1.20. The van der Waals surface area contributed by atoms with Gasteiger partial charge in [0, 0.05) is 14.0 Å². The maximum atomic E-state index is 12.1. The summed E-state index contributed by atoms with van der Waals surface area (Å²) in [5.41, 5.74) is 0. The number of carbonyl (C=O) groups excluding carboxylic acids is 1. The first-order chi connectivity index (χ1) is 5.37. The van der Waals surface area contributed by atoms with Gasteiger partial charge in [-0.15, -0.1) is 0 Å². The monoisotopic (exact) mass is 182 g/mol. The molecule has 1 unspecified atom stereocenters. The zero-order chi connectivity index (χ0) is 9.78. The fourth-order valence-electron chi connectivity index (χ4n) is 0.411. The molecule has 0 amide bonds. The minimum Gasteiger partial charge on any atom is -0.457 e. The van der Waals surface area contributed by atoms with Gasteiger partial charge in [-0.2, -0.15) is 0 Å². The molecule has 0 aliphatic rings. The molecule has 0 bridgehead atoms. The largest absolute Gasteiger partial charge is 0.457 e. The molecule has 1 atom stereocenters. The number of hydrogen-bond acceptors (Lipinski definition) is 3. The molecule has 0 aliphatic heterocycles. The minimum absolute atomic E-state index is 0.678. The van der Waals surface area contributed by atoms with Crippen molar-refractivity contribution >= 4 is 5.97 Å². The van der Waals surface area contributed by atoms with E-state index in [2.05, 4.69) is 9.47 Å². The molecule has 0 rings (SSSR count). The van der Waals surface area contributed by atoms with Crippen LogP contribution in [0.3, 0.4) is 0 Å². The lowest BCUT2D eigenvalue weighted by atomic mass is 10.4. The lowest BCUT2D eigenvalue weighted by Gasteiger charge is -2.13. The van der Waals surface area contributed by atoms with Crippen molar-refractivity contribution in [2.45, 2.75) is 25.9 Å². The third-order valence-electron chi connectivity index (χ3n) is 1.15. The van der Waals surface area contributed by atoms with E-state index >= 15 is 0 Å². The van der Waals surface area contributed by atoms with Crippen molar-refractivity contribution in [3.63, 3.8) is 0 Å². The van der Waals surface area contributed by atoms with E-state index in [0.717, 1.165) is 0 Å². The first-order valence-corrected chi connectivity index (χ1v) is 3.44. The van der Waals surface area contributed by atoms with Gasteiger partial charge in [-0.3, -0.25) is 0 Å². The summed E-state index contributed by atoms with van der Waals surface area (Å²) < 4.78 is 33.1. The van der Waals surface area contributed by atoms with Gasteiger partial charge in [0.05, 0.1) is 0 Å². The highest BCUT2D eigenvalue weighted by Crippen LogP contribution is 2.11. The van der Waals surface area contributed by atoms with E-state index in [1.54, 1.807) is 0 Å². The summed E-state index contributed by atoms with van der Waals surface area (Å²) in [7, 11) is 1.30. The van der Waals surface area contributed by atoms with Crippen molar-refractivity contribution in [3.8, 4) is 0 Å². The average Bonchev–Trinajstić information content (AvgIpc) is 1.97. The number of carbonyl (C=O) groups is 1. The number of esters is 1. The highest BCUT2D eigenvalue weighted by Gasteiger charge is 2.25. The molecule has 0 aliphatic carbocycles. The summed E-state index contributed by atoms with van der Waals surface area (Å²) in [6.07, 6.45) is -0.799. The molecule has 0 heterocycles. The fraction of sp³-hybridized carbons (Fsp3) is 0.857. The molecule has 0 radical (unpaired) electrons. The summed E-state index contributed by atoms with van der Waals surface area (Å²) in [5.74, 6) is -3.76. The Bertz CT molecular complexity index is 153. The summed E-state index contributed by atoms with van der Waals surface area (Å²) in [4.78, 5) is 10.7. The first kappa shape index (κ1) is 11.3. The van der Waals surface area contributed by atoms with Gasteiger partial charge in [0.1, 0.15) is 0 Å². The molecular weight excluding hydrogens is 170 g/mol. The van der Waals surface area contributed by atoms with E-state index < -0.39 is 24.6 Å². The van der Waals surface area contributed by atoms with Gasteiger partial charge in [-0.1, -0.05) is 0 Å². The van der Waals surface area contributed by atoms with Crippen LogP contribution in [0.2, 0.25) is 0 Å². The minimum atomic E-state index is -2.98. The SMILES string of the molecule is COC(C)C(=O)OCC(C)(F)F. The molecular formula is C7H12F2O3. The lowest BCUT2D eigenvalue weighted by molar-refractivity contribution is -0.163. The Balaban J connectivity index is 3.72. The number of methoxy groups -OCH3 is 1. The molecule has 0 fully saturated rings. The van der Waals surface area contributed by atoms with Crippen molar-refractivity contribution in [1.82, 2.24) is 0 Å². The molecule has 0 saturated carbocycles. The second-order valence-electron chi connectivity index (χ2n) is 2.56. The molecule has 72 valence electrons. The molecule has 0 aromatic carbocycles. The topological polar surface area (TPSA) is 35.5 Å². The second kappa shape index (κ2) is 4.35. The fourth-order valence-corrected chi connectivity index (χ4v) is 0.411. The normalized spacial score (nSPS) is 14.1. The molecule has 0 aromatic heterocycles. The Morgan fingerprint density at radius 3 is 2.42 bits per heavy atom. The van der Waals surface area contributed by atoms with Gasteiger partial charge < -0.3 is 9.47 Å². The number of hydrogen-bond donors (Lipinski definition) is 0. The highest BCUT2D eigenvalue weighted by molar-refractivity contribution is 5.74. The molecule has 5 heteroatoms. The van der Waals surface area contributed by atoms with Crippen LogP contribution in [-0.2, 0) is 14.3 Å². The summed E-state index contributed by atoms with van der Waals surface area (Å²) in [5, 5.41) is 0. The third-order valence-corrected chi connectivity index (χ3v) is 1.15. The van der Waals surface area contributed by atoms with Crippen LogP contribution in [-0.4, -0.2) is 31.7 Å². The Hall–Kier alpha value is -0.710. The van der Waals surface area contributed by atoms with E-state index in [9.17, 15) is 13.6 Å². The summed E-state index contributed by atoms with van der Waals surface area (Å²) in [6, 6.07) is 0. The maximum absolute atomic E-state index is 12.1. The van der Waals surface area contributed by atoms with Crippen molar-refractivity contribution in [1.29, 1.82) is 0 Å². The zero-order valence-electron chi connectivity index (χ0n) is 7.27. The predicted octanol–water partition coefficient (Wildman–Crippen LogP) is 1.22. The van der Waals surface area contributed by atoms with Crippen LogP contribution >= 0.6 is 0 Å². The zero-order valence-corrected chi connectivity index (χ0v) is 7.27. The third kappa shape index (κ3) is 5.01. The standard InChI is InChI=1S/C7H12F2O3/c1-5(11-3)6(10)12-4-7(2,8)9/h5H,4H2,1-3H3. The second-order valence-corrected chi connectivity index (χ2v) is 2.56.